The molecule has 0 spiro atoms. The molecule has 6 heteroatoms. The van der Waals surface area contributed by atoms with E-state index in [0.717, 1.165) is 16.1 Å². The molecule has 1 atom stereocenters. The number of aromatic nitrogens is 1. The molecular formula is C15H19N3O2S. The molecule has 1 heterocycles. The summed E-state index contributed by atoms with van der Waals surface area (Å²) in [4.78, 5) is 17.0. The Balaban J connectivity index is 1.81. The molecule has 0 aliphatic rings. The van der Waals surface area contributed by atoms with Gasteiger partial charge in [-0.1, -0.05) is 30.3 Å². The van der Waals surface area contributed by atoms with Crippen molar-refractivity contribution in [2.45, 2.75) is 25.9 Å². The summed E-state index contributed by atoms with van der Waals surface area (Å²) < 4.78 is 0. The minimum Gasteiger partial charge on any atom is -0.394 e. The molecule has 1 aromatic carbocycles. The van der Waals surface area contributed by atoms with Gasteiger partial charge in [-0.3, -0.25) is 0 Å². The van der Waals surface area contributed by atoms with E-state index in [0.29, 0.717) is 13.0 Å². The predicted octanol–water partition coefficient (Wildman–Crippen LogP) is 1.85. The molecule has 0 aliphatic carbocycles. The van der Waals surface area contributed by atoms with Crippen LogP contribution in [0.25, 0.3) is 0 Å². The third kappa shape index (κ3) is 4.84. The van der Waals surface area contributed by atoms with E-state index in [1.54, 1.807) is 5.51 Å². The number of nitrogens with one attached hydrogen (secondary N) is 2. The summed E-state index contributed by atoms with van der Waals surface area (Å²) in [7, 11) is 0. The lowest BCUT2D eigenvalue weighted by molar-refractivity contribution is 0.215. The van der Waals surface area contributed by atoms with Gasteiger partial charge in [0.1, 0.15) is 0 Å². The van der Waals surface area contributed by atoms with Gasteiger partial charge in [-0.25, -0.2) is 9.78 Å². The van der Waals surface area contributed by atoms with Crippen molar-refractivity contribution in [3.63, 3.8) is 0 Å². The SMILES string of the molecule is Cc1ncsc1CNC(=O)N[C@H](CO)Cc1ccccc1. The van der Waals surface area contributed by atoms with Crippen molar-refractivity contribution in [2.24, 2.45) is 0 Å². The number of urea groups is 1. The molecule has 5 nitrogen and oxygen atoms in total. The smallest absolute Gasteiger partial charge is 0.315 e. The number of benzene rings is 1. The molecule has 112 valence electrons. The van der Waals surface area contributed by atoms with Crippen molar-refractivity contribution >= 4 is 17.4 Å². The summed E-state index contributed by atoms with van der Waals surface area (Å²) in [6, 6.07) is 9.20. The number of rotatable bonds is 6. The summed E-state index contributed by atoms with van der Waals surface area (Å²) in [5, 5.41) is 14.9. The van der Waals surface area contributed by atoms with Crippen molar-refractivity contribution in [3.8, 4) is 0 Å². The zero-order valence-electron chi connectivity index (χ0n) is 11.9. The van der Waals surface area contributed by atoms with Crippen LogP contribution in [-0.2, 0) is 13.0 Å². The molecule has 2 aromatic rings. The van der Waals surface area contributed by atoms with E-state index in [-0.39, 0.29) is 18.7 Å². The lowest BCUT2D eigenvalue weighted by Crippen LogP contribution is -2.44. The number of nitrogens with zero attached hydrogens (tertiary/aromatic N) is 1. The van der Waals surface area contributed by atoms with Gasteiger partial charge in [-0.15, -0.1) is 11.3 Å². The number of amides is 2. The van der Waals surface area contributed by atoms with E-state index in [9.17, 15) is 9.90 Å². The lowest BCUT2D eigenvalue weighted by atomic mass is 10.1. The zero-order valence-corrected chi connectivity index (χ0v) is 12.7. The summed E-state index contributed by atoms with van der Waals surface area (Å²) in [5.74, 6) is 0. The summed E-state index contributed by atoms with van der Waals surface area (Å²) in [5.41, 5.74) is 3.77. The van der Waals surface area contributed by atoms with E-state index in [4.69, 9.17) is 0 Å². The fourth-order valence-corrected chi connectivity index (χ4v) is 2.67. The average Bonchev–Trinajstić information content (AvgIpc) is 2.91. The van der Waals surface area contributed by atoms with Crippen molar-refractivity contribution in [3.05, 3.63) is 52.0 Å². The monoisotopic (exact) mass is 305 g/mol. The highest BCUT2D eigenvalue weighted by molar-refractivity contribution is 7.09. The van der Waals surface area contributed by atoms with Crippen LogP contribution in [0.1, 0.15) is 16.1 Å². The van der Waals surface area contributed by atoms with Gasteiger partial charge in [0.2, 0.25) is 0 Å². The molecule has 21 heavy (non-hydrogen) atoms. The summed E-state index contributed by atoms with van der Waals surface area (Å²) in [6.07, 6.45) is 0.602. The molecule has 0 fully saturated rings. The molecule has 3 N–H and O–H groups in total. The zero-order chi connectivity index (χ0) is 15.1. The van der Waals surface area contributed by atoms with Gasteiger partial charge in [-0.05, 0) is 18.9 Å². The molecule has 0 saturated heterocycles. The maximum Gasteiger partial charge on any atom is 0.315 e. The van der Waals surface area contributed by atoms with Crippen molar-refractivity contribution < 1.29 is 9.90 Å². The van der Waals surface area contributed by atoms with E-state index >= 15 is 0 Å². The van der Waals surface area contributed by atoms with Crippen LogP contribution in [0, 0.1) is 6.92 Å². The van der Waals surface area contributed by atoms with Crippen LogP contribution >= 0.6 is 11.3 Å². The van der Waals surface area contributed by atoms with Crippen LogP contribution in [0.15, 0.2) is 35.8 Å². The first-order valence-corrected chi connectivity index (χ1v) is 7.65. The number of hydrogen-bond donors (Lipinski definition) is 3. The van der Waals surface area contributed by atoms with Crippen LogP contribution in [0.5, 0.6) is 0 Å². The number of carbonyl (C=O) groups is 1. The van der Waals surface area contributed by atoms with Crippen LogP contribution in [0.3, 0.4) is 0 Å². The Morgan fingerprint density at radius 3 is 2.76 bits per heavy atom. The Morgan fingerprint density at radius 2 is 2.14 bits per heavy atom. The summed E-state index contributed by atoms with van der Waals surface area (Å²) >= 11 is 1.52. The second-order valence-corrected chi connectivity index (χ2v) is 5.70. The van der Waals surface area contributed by atoms with E-state index in [1.165, 1.54) is 11.3 Å². The molecule has 0 unspecified atom stereocenters. The molecule has 2 amide bonds. The quantitative estimate of drug-likeness (QED) is 0.762. The molecule has 0 saturated carbocycles. The van der Waals surface area contributed by atoms with Crippen molar-refractivity contribution in [1.82, 2.24) is 15.6 Å². The first kappa shape index (κ1) is 15.5. The van der Waals surface area contributed by atoms with E-state index in [1.807, 2.05) is 37.3 Å². The second kappa shape index (κ2) is 7.75. The Bertz CT molecular complexity index is 571. The molecule has 1 aromatic heterocycles. The van der Waals surface area contributed by atoms with Gasteiger partial charge >= 0.3 is 6.03 Å². The van der Waals surface area contributed by atoms with Crippen molar-refractivity contribution in [2.75, 3.05) is 6.61 Å². The fourth-order valence-electron chi connectivity index (χ4n) is 1.95. The van der Waals surface area contributed by atoms with Crippen LogP contribution in [0.2, 0.25) is 0 Å². The normalized spacial score (nSPS) is 11.9. The van der Waals surface area contributed by atoms with Crippen LogP contribution < -0.4 is 10.6 Å². The van der Waals surface area contributed by atoms with Gasteiger partial charge < -0.3 is 15.7 Å². The van der Waals surface area contributed by atoms with E-state index in [2.05, 4.69) is 15.6 Å². The van der Waals surface area contributed by atoms with Crippen molar-refractivity contribution in [1.29, 1.82) is 0 Å². The Kier molecular flexibility index (Phi) is 5.71. The average molecular weight is 305 g/mol. The van der Waals surface area contributed by atoms with Crippen LogP contribution in [-0.4, -0.2) is 28.8 Å². The minimum absolute atomic E-state index is 0.0953. The highest BCUT2D eigenvalue weighted by atomic mass is 32.1. The Morgan fingerprint density at radius 1 is 1.38 bits per heavy atom. The number of aliphatic hydroxyl groups excluding tert-OH is 1. The lowest BCUT2D eigenvalue weighted by Gasteiger charge is -2.16. The fraction of sp³-hybridized carbons (Fsp3) is 0.333. The first-order chi connectivity index (χ1) is 10.2. The van der Waals surface area contributed by atoms with Gasteiger partial charge in [0.05, 0.1) is 30.4 Å². The number of aryl methyl sites for hydroxylation is 1. The van der Waals surface area contributed by atoms with Gasteiger partial charge in [0, 0.05) is 4.88 Å². The third-order valence-electron chi connectivity index (χ3n) is 3.13. The topological polar surface area (TPSA) is 74.2 Å². The molecule has 2 rings (SSSR count). The summed E-state index contributed by atoms with van der Waals surface area (Å²) in [6.45, 7) is 2.27. The first-order valence-electron chi connectivity index (χ1n) is 6.77. The number of hydrogen-bond acceptors (Lipinski definition) is 4. The predicted molar refractivity (Wildman–Crippen MR) is 83.2 cm³/mol. The van der Waals surface area contributed by atoms with E-state index < -0.39 is 0 Å². The minimum atomic E-state index is -0.296. The number of aliphatic hydroxyl groups is 1. The Hall–Kier alpha value is -1.92. The maximum atomic E-state index is 11.9. The Labute approximate surface area is 128 Å². The molecule has 0 aliphatic heterocycles. The molecule has 0 radical (unpaired) electrons. The second-order valence-electron chi connectivity index (χ2n) is 4.76. The number of carbonyl (C=O) groups excluding carboxylic acids is 1. The highest BCUT2D eigenvalue weighted by Gasteiger charge is 2.12. The third-order valence-corrected chi connectivity index (χ3v) is 4.07. The molecular weight excluding hydrogens is 286 g/mol. The maximum absolute atomic E-state index is 11.9. The van der Waals surface area contributed by atoms with Crippen LogP contribution in [0.4, 0.5) is 4.79 Å². The standard InChI is InChI=1S/C15H19N3O2S/c1-11-14(21-10-17-11)8-16-15(20)18-13(9-19)7-12-5-3-2-4-6-12/h2-6,10,13,19H,7-9H2,1H3,(H2,16,18,20)/t13-/m0/s1. The van der Waals surface area contributed by atoms with Gasteiger partial charge in [0.25, 0.3) is 0 Å². The van der Waals surface area contributed by atoms with Gasteiger partial charge in [0.15, 0.2) is 0 Å². The van der Waals surface area contributed by atoms with Gasteiger partial charge in [-0.2, -0.15) is 0 Å². The molecule has 0 bridgehead atoms. The largest absolute Gasteiger partial charge is 0.394 e. The number of thiazole rings is 1. The highest BCUT2D eigenvalue weighted by Crippen LogP contribution is 2.11.